The fraction of sp³-hybridized carbons (Fsp3) is 0.263. The molecule has 0 spiro atoms. The number of Topliss-reactive ketones (excluding diaryl/α,β-unsaturated/α-hetero) is 1. The molecule has 1 unspecified atom stereocenters. The van der Waals surface area contributed by atoms with Crippen molar-refractivity contribution >= 4 is 5.78 Å². The van der Waals surface area contributed by atoms with Crippen molar-refractivity contribution in [3.8, 4) is 17.2 Å². The monoisotopic (exact) mass is 309 g/mol. The van der Waals surface area contributed by atoms with Crippen molar-refractivity contribution in [2.24, 2.45) is 0 Å². The van der Waals surface area contributed by atoms with E-state index in [1.54, 1.807) is 20.1 Å². The van der Waals surface area contributed by atoms with Gasteiger partial charge in [-0.2, -0.15) is 5.26 Å². The van der Waals surface area contributed by atoms with Crippen molar-refractivity contribution in [1.82, 2.24) is 0 Å². The van der Waals surface area contributed by atoms with Crippen LogP contribution < -0.4 is 0 Å². The van der Waals surface area contributed by atoms with Crippen LogP contribution in [0.3, 0.4) is 0 Å². The highest BCUT2D eigenvalue weighted by Crippen LogP contribution is 2.27. The van der Waals surface area contributed by atoms with Crippen molar-refractivity contribution in [3.05, 3.63) is 59.7 Å². The van der Waals surface area contributed by atoms with Crippen LogP contribution in [0.1, 0.15) is 30.6 Å². The zero-order valence-corrected chi connectivity index (χ0v) is 13.3. The van der Waals surface area contributed by atoms with Gasteiger partial charge in [-0.1, -0.05) is 42.5 Å². The molecule has 1 atom stereocenters. The molecule has 0 N–H and O–H groups in total. The first-order valence-electron chi connectivity index (χ1n) is 7.35. The van der Waals surface area contributed by atoms with Gasteiger partial charge in [-0.15, -0.1) is 0 Å². The number of carbonyl (C=O) groups is 1. The van der Waals surface area contributed by atoms with Crippen LogP contribution in [0.2, 0.25) is 0 Å². The summed E-state index contributed by atoms with van der Waals surface area (Å²) in [5.41, 5.74) is 3.40. The number of ether oxygens (including phenoxy) is 2. The molecule has 2 rings (SSSR count). The van der Waals surface area contributed by atoms with Crippen LogP contribution in [0.15, 0.2) is 48.5 Å². The average Bonchev–Trinajstić information content (AvgIpc) is 2.58. The number of methoxy groups -OCH3 is 1. The molecule has 4 nitrogen and oxygen atoms in total. The maximum Gasteiger partial charge on any atom is 0.147 e. The predicted octanol–water partition coefficient (Wildman–Crippen LogP) is 3.87. The van der Waals surface area contributed by atoms with E-state index in [9.17, 15) is 10.1 Å². The van der Waals surface area contributed by atoms with Gasteiger partial charge < -0.3 is 9.47 Å². The second kappa shape index (κ2) is 8.23. The normalized spacial score (nSPS) is 11.7. The van der Waals surface area contributed by atoms with Crippen molar-refractivity contribution < 1.29 is 14.3 Å². The first-order chi connectivity index (χ1) is 11.2. The van der Waals surface area contributed by atoms with Crippen LogP contribution >= 0.6 is 0 Å². The Kier molecular flexibility index (Phi) is 6.04. The number of carbonyl (C=O) groups excluding carboxylic acids is 1. The molecular formula is C19H19NO3. The smallest absolute Gasteiger partial charge is 0.147 e. The highest BCUT2D eigenvalue weighted by atomic mass is 16.7. The molecule has 0 radical (unpaired) electrons. The molecule has 0 fully saturated rings. The number of benzene rings is 2. The number of hydrogen-bond acceptors (Lipinski definition) is 4. The summed E-state index contributed by atoms with van der Waals surface area (Å²) < 4.78 is 10.5. The van der Waals surface area contributed by atoms with Crippen LogP contribution in [0.25, 0.3) is 11.1 Å². The van der Waals surface area contributed by atoms with E-state index in [1.807, 2.05) is 42.5 Å². The summed E-state index contributed by atoms with van der Waals surface area (Å²) in [6.45, 7) is 1.68. The lowest BCUT2D eigenvalue weighted by molar-refractivity contribution is -0.124. The summed E-state index contributed by atoms with van der Waals surface area (Å²) in [6, 6.07) is 17.4. The van der Waals surface area contributed by atoms with Gasteiger partial charge >= 0.3 is 0 Å². The minimum Gasteiger partial charge on any atom is -0.359 e. The third-order valence-electron chi connectivity index (χ3n) is 3.50. The van der Waals surface area contributed by atoms with E-state index in [1.165, 1.54) is 0 Å². The van der Waals surface area contributed by atoms with Crippen molar-refractivity contribution in [2.45, 2.75) is 19.4 Å². The molecule has 4 heteroatoms. The van der Waals surface area contributed by atoms with Crippen LogP contribution in [0, 0.1) is 11.3 Å². The van der Waals surface area contributed by atoms with Gasteiger partial charge in [-0.05, 0) is 29.7 Å². The van der Waals surface area contributed by atoms with Crippen LogP contribution in [0.4, 0.5) is 0 Å². The molecule has 0 heterocycles. The summed E-state index contributed by atoms with van der Waals surface area (Å²) in [7, 11) is 1.55. The molecule has 0 aromatic heterocycles. The van der Waals surface area contributed by atoms with Crippen molar-refractivity contribution in [1.29, 1.82) is 5.26 Å². The van der Waals surface area contributed by atoms with E-state index in [-0.39, 0.29) is 18.7 Å². The standard InChI is InChI=1S/C19H19NO3/c1-14(21)11-19(23-13-22-2)16-9-7-15(8-10-16)18-6-4-3-5-17(18)12-20/h3-10,19H,11,13H2,1-2H3. The summed E-state index contributed by atoms with van der Waals surface area (Å²) >= 11 is 0. The third kappa shape index (κ3) is 4.49. The van der Waals surface area contributed by atoms with Crippen LogP contribution in [-0.2, 0) is 14.3 Å². The van der Waals surface area contributed by atoms with Gasteiger partial charge in [-0.25, -0.2) is 0 Å². The number of hydrogen-bond donors (Lipinski definition) is 0. The second-order valence-electron chi connectivity index (χ2n) is 5.25. The molecule has 0 bridgehead atoms. The predicted molar refractivity (Wildman–Crippen MR) is 87.6 cm³/mol. The van der Waals surface area contributed by atoms with E-state index in [0.29, 0.717) is 12.0 Å². The molecule has 0 saturated carbocycles. The Balaban J connectivity index is 2.26. The van der Waals surface area contributed by atoms with Crippen LogP contribution in [-0.4, -0.2) is 19.7 Å². The van der Waals surface area contributed by atoms with E-state index < -0.39 is 0 Å². The second-order valence-corrected chi connectivity index (χ2v) is 5.25. The average molecular weight is 309 g/mol. The summed E-state index contributed by atoms with van der Waals surface area (Å²) in [4.78, 5) is 11.4. The lowest BCUT2D eigenvalue weighted by atomic mass is 9.97. The fourth-order valence-corrected chi connectivity index (χ4v) is 2.39. The summed E-state index contributed by atoms with van der Waals surface area (Å²) in [6.07, 6.45) is -0.0231. The van der Waals surface area contributed by atoms with E-state index in [0.717, 1.165) is 16.7 Å². The van der Waals surface area contributed by atoms with E-state index in [2.05, 4.69) is 6.07 Å². The quantitative estimate of drug-likeness (QED) is 0.729. The summed E-state index contributed by atoms with van der Waals surface area (Å²) in [5, 5.41) is 9.20. The van der Waals surface area contributed by atoms with Gasteiger partial charge in [-0.3, -0.25) is 4.79 Å². The molecule has 0 aliphatic carbocycles. The number of nitrogens with zero attached hydrogens (tertiary/aromatic N) is 1. The lowest BCUT2D eigenvalue weighted by Gasteiger charge is -2.17. The summed E-state index contributed by atoms with van der Waals surface area (Å²) in [5.74, 6) is 0.0602. The molecule has 2 aromatic rings. The molecular weight excluding hydrogens is 290 g/mol. The van der Waals surface area contributed by atoms with E-state index in [4.69, 9.17) is 9.47 Å². The highest BCUT2D eigenvalue weighted by molar-refractivity contribution is 5.76. The topological polar surface area (TPSA) is 59.3 Å². The van der Waals surface area contributed by atoms with Gasteiger partial charge in [0.25, 0.3) is 0 Å². The number of ketones is 1. The minimum absolute atomic E-state index is 0.0602. The number of rotatable bonds is 7. The fourth-order valence-electron chi connectivity index (χ4n) is 2.39. The van der Waals surface area contributed by atoms with Gasteiger partial charge in [0.1, 0.15) is 12.6 Å². The van der Waals surface area contributed by atoms with Gasteiger partial charge in [0.2, 0.25) is 0 Å². The van der Waals surface area contributed by atoms with Gasteiger partial charge in [0.15, 0.2) is 0 Å². The Hall–Kier alpha value is -2.48. The first-order valence-corrected chi connectivity index (χ1v) is 7.35. The minimum atomic E-state index is -0.326. The Morgan fingerprint density at radius 2 is 1.87 bits per heavy atom. The van der Waals surface area contributed by atoms with Crippen LogP contribution in [0.5, 0.6) is 0 Å². The Morgan fingerprint density at radius 1 is 1.17 bits per heavy atom. The van der Waals surface area contributed by atoms with Gasteiger partial charge in [0.05, 0.1) is 17.7 Å². The number of nitriles is 1. The molecule has 0 saturated heterocycles. The molecule has 23 heavy (non-hydrogen) atoms. The zero-order chi connectivity index (χ0) is 16.7. The Bertz CT molecular complexity index is 701. The Labute approximate surface area is 136 Å². The third-order valence-corrected chi connectivity index (χ3v) is 3.50. The SMILES string of the molecule is COCOC(CC(C)=O)c1ccc(-c2ccccc2C#N)cc1. The largest absolute Gasteiger partial charge is 0.359 e. The molecule has 0 aliphatic heterocycles. The van der Waals surface area contributed by atoms with Crippen molar-refractivity contribution in [2.75, 3.05) is 13.9 Å². The zero-order valence-electron chi connectivity index (χ0n) is 13.3. The highest BCUT2D eigenvalue weighted by Gasteiger charge is 2.15. The maximum absolute atomic E-state index is 11.4. The van der Waals surface area contributed by atoms with E-state index >= 15 is 0 Å². The lowest BCUT2D eigenvalue weighted by Crippen LogP contribution is -2.10. The first kappa shape index (κ1) is 16.9. The molecule has 2 aromatic carbocycles. The molecule has 118 valence electrons. The van der Waals surface area contributed by atoms with Crippen molar-refractivity contribution in [3.63, 3.8) is 0 Å². The Morgan fingerprint density at radius 3 is 2.48 bits per heavy atom. The molecule has 0 amide bonds. The maximum atomic E-state index is 11.4. The van der Waals surface area contributed by atoms with Gasteiger partial charge in [0, 0.05) is 13.5 Å². The molecule has 0 aliphatic rings.